The molecule has 1 unspecified atom stereocenters. The summed E-state index contributed by atoms with van der Waals surface area (Å²) in [5, 5.41) is 10.2. The zero-order valence-corrected chi connectivity index (χ0v) is 7.97. The van der Waals surface area contributed by atoms with Gasteiger partial charge in [-0.2, -0.15) is 0 Å². The maximum Gasteiger partial charge on any atom is 0.0958 e. The van der Waals surface area contributed by atoms with E-state index in [1.165, 1.54) is 22.7 Å². The molecular weight excluding hydrogens is 170 g/mol. The number of thiazole rings is 1. The molecule has 1 aromatic rings. The van der Waals surface area contributed by atoms with Crippen molar-refractivity contribution in [3.63, 3.8) is 0 Å². The maximum absolute atomic E-state index is 8.93. The van der Waals surface area contributed by atoms with E-state index in [1.54, 1.807) is 11.3 Å². The van der Waals surface area contributed by atoms with Crippen LogP contribution in [0, 0.1) is 0 Å². The van der Waals surface area contributed by atoms with Crippen molar-refractivity contribution in [2.24, 2.45) is 0 Å². The SMILES string of the molecule is CC(CO)c1cnc(C2CC2)s1. The number of rotatable bonds is 3. The highest BCUT2D eigenvalue weighted by Crippen LogP contribution is 2.42. The summed E-state index contributed by atoms with van der Waals surface area (Å²) in [6.07, 6.45) is 4.53. The van der Waals surface area contributed by atoms with Crippen LogP contribution in [-0.4, -0.2) is 16.7 Å². The number of aliphatic hydroxyl groups excluding tert-OH is 1. The van der Waals surface area contributed by atoms with E-state index in [0.29, 0.717) is 0 Å². The Balaban J connectivity index is 2.12. The van der Waals surface area contributed by atoms with E-state index in [2.05, 4.69) is 4.98 Å². The molecule has 1 aliphatic rings. The molecule has 12 heavy (non-hydrogen) atoms. The van der Waals surface area contributed by atoms with E-state index >= 15 is 0 Å². The second-order valence-corrected chi connectivity index (χ2v) is 4.55. The molecule has 1 heterocycles. The minimum absolute atomic E-state index is 0.228. The number of aromatic nitrogens is 1. The van der Waals surface area contributed by atoms with Crippen LogP contribution in [0.1, 0.15) is 41.5 Å². The first-order chi connectivity index (χ1) is 5.81. The molecule has 66 valence electrons. The van der Waals surface area contributed by atoms with E-state index in [9.17, 15) is 0 Å². The Labute approximate surface area is 76.3 Å². The second-order valence-electron chi connectivity index (χ2n) is 3.46. The Kier molecular flexibility index (Phi) is 2.15. The van der Waals surface area contributed by atoms with Gasteiger partial charge in [-0.3, -0.25) is 0 Å². The van der Waals surface area contributed by atoms with Crippen molar-refractivity contribution >= 4 is 11.3 Å². The Morgan fingerprint density at radius 2 is 2.50 bits per heavy atom. The molecule has 0 aromatic carbocycles. The zero-order chi connectivity index (χ0) is 8.55. The number of nitrogens with zero attached hydrogens (tertiary/aromatic N) is 1. The van der Waals surface area contributed by atoms with Gasteiger partial charge in [0.1, 0.15) is 0 Å². The molecule has 1 atom stereocenters. The molecule has 1 fully saturated rings. The van der Waals surface area contributed by atoms with Crippen molar-refractivity contribution in [1.82, 2.24) is 4.98 Å². The predicted octanol–water partition coefficient (Wildman–Crippen LogP) is 2.12. The fraction of sp³-hybridized carbons (Fsp3) is 0.667. The van der Waals surface area contributed by atoms with Gasteiger partial charge in [-0.1, -0.05) is 6.92 Å². The molecule has 0 amide bonds. The number of hydrogen-bond donors (Lipinski definition) is 1. The van der Waals surface area contributed by atoms with Gasteiger partial charge in [0.05, 0.1) is 11.6 Å². The lowest BCUT2D eigenvalue weighted by Gasteiger charge is -2.01. The fourth-order valence-electron chi connectivity index (χ4n) is 1.14. The molecule has 1 N–H and O–H groups in total. The predicted molar refractivity (Wildman–Crippen MR) is 49.6 cm³/mol. The van der Waals surface area contributed by atoms with E-state index < -0.39 is 0 Å². The Morgan fingerprint density at radius 3 is 3.08 bits per heavy atom. The van der Waals surface area contributed by atoms with Gasteiger partial charge in [-0.25, -0.2) is 4.98 Å². The van der Waals surface area contributed by atoms with Gasteiger partial charge < -0.3 is 5.11 Å². The molecule has 3 heteroatoms. The smallest absolute Gasteiger partial charge is 0.0958 e. The van der Waals surface area contributed by atoms with Crippen LogP contribution in [0.2, 0.25) is 0 Å². The second kappa shape index (κ2) is 3.15. The Bertz CT molecular complexity index is 267. The third kappa shape index (κ3) is 1.52. The molecule has 0 bridgehead atoms. The highest BCUT2D eigenvalue weighted by atomic mass is 32.1. The summed E-state index contributed by atoms with van der Waals surface area (Å²) >= 11 is 1.77. The van der Waals surface area contributed by atoms with Crippen molar-refractivity contribution in [2.75, 3.05) is 6.61 Å². The van der Waals surface area contributed by atoms with E-state index in [1.807, 2.05) is 13.1 Å². The number of hydrogen-bond acceptors (Lipinski definition) is 3. The van der Waals surface area contributed by atoms with Crippen LogP contribution < -0.4 is 0 Å². The lowest BCUT2D eigenvalue weighted by Crippen LogP contribution is -1.94. The summed E-state index contributed by atoms with van der Waals surface area (Å²) in [7, 11) is 0. The van der Waals surface area contributed by atoms with Crippen molar-refractivity contribution < 1.29 is 5.11 Å². The van der Waals surface area contributed by atoms with Crippen LogP contribution in [0.3, 0.4) is 0 Å². The average Bonchev–Trinajstić information content (AvgIpc) is 2.83. The quantitative estimate of drug-likeness (QED) is 0.778. The summed E-state index contributed by atoms with van der Waals surface area (Å²) in [4.78, 5) is 5.58. The van der Waals surface area contributed by atoms with Crippen LogP contribution in [0.25, 0.3) is 0 Å². The summed E-state index contributed by atoms with van der Waals surface area (Å²) in [6.45, 7) is 2.26. The standard InChI is InChI=1S/C9H13NOS/c1-6(5-11)8-4-10-9(12-8)7-2-3-7/h4,6-7,11H,2-3,5H2,1H3. The molecule has 2 nitrogen and oxygen atoms in total. The average molecular weight is 183 g/mol. The van der Waals surface area contributed by atoms with Crippen molar-refractivity contribution in [3.8, 4) is 0 Å². The first-order valence-electron chi connectivity index (χ1n) is 4.37. The molecule has 0 saturated heterocycles. The first kappa shape index (κ1) is 8.20. The highest BCUT2D eigenvalue weighted by molar-refractivity contribution is 7.11. The highest BCUT2D eigenvalue weighted by Gasteiger charge is 2.27. The fourth-order valence-corrected chi connectivity index (χ4v) is 2.27. The van der Waals surface area contributed by atoms with Crippen LogP contribution in [0.5, 0.6) is 0 Å². The first-order valence-corrected chi connectivity index (χ1v) is 5.19. The topological polar surface area (TPSA) is 33.1 Å². The molecule has 0 radical (unpaired) electrons. The van der Waals surface area contributed by atoms with Gasteiger partial charge in [-0.15, -0.1) is 11.3 Å². The molecular formula is C9H13NOS. The summed E-state index contributed by atoms with van der Waals surface area (Å²) < 4.78 is 0. The minimum Gasteiger partial charge on any atom is -0.396 e. The summed E-state index contributed by atoms with van der Waals surface area (Å²) in [5.74, 6) is 1.00. The summed E-state index contributed by atoms with van der Waals surface area (Å²) in [5.41, 5.74) is 0. The minimum atomic E-state index is 0.228. The normalized spacial score (nSPS) is 19.5. The molecule has 0 aliphatic heterocycles. The van der Waals surface area contributed by atoms with Gasteiger partial charge in [-0.05, 0) is 12.8 Å². The van der Waals surface area contributed by atoms with Gasteiger partial charge >= 0.3 is 0 Å². The van der Waals surface area contributed by atoms with Crippen molar-refractivity contribution in [1.29, 1.82) is 0 Å². The third-order valence-corrected chi connectivity index (χ3v) is 3.62. The van der Waals surface area contributed by atoms with Crippen LogP contribution >= 0.6 is 11.3 Å². The Morgan fingerprint density at radius 1 is 1.75 bits per heavy atom. The third-order valence-electron chi connectivity index (χ3n) is 2.23. The van der Waals surface area contributed by atoms with E-state index in [0.717, 1.165) is 5.92 Å². The molecule has 2 rings (SSSR count). The Hall–Kier alpha value is -0.410. The largest absolute Gasteiger partial charge is 0.396 e. The van der Waals surface area contributed by atoms with E-state index in [-0.39, 0.29) is 12.5 Å². The monoisotopic (exact) mass is 183 g/mol. The molecule has 1 aliphatic carbocycles. The molecule has 0 spiro atoms. The van der Waals surface area contributed by atoms with Gasteiger partial charge in [0.15, 0.2) is 0 Å². The van der Waals surface area contributed by atoms with Gasteiger partial charge in [0, 0.05) is 22.9 Å². The molecule has 1 aromatic heterocycles. The van der Waals surface area contributed by atoms with Crippen molar-refractivity contribution in [2.45, 2.75) is 31.6 Å². The molecule has 1 saturated carbocycles. The number of aliphatic hydroxyl groups is 1. The van der Waals surface area contributed by atoms with Crippen LogP contribution in [0.15, 0.2) is 6.20 Å². The van der Waals surface area contributed by atoms with Crippen LogP contribution in [-0.2, 0) is 0 Å². The summed E-state index contributed by atoms with van der Waals surface area (Å²) in [6, 6.07) is 0. The van der Waals surface area contributed by atoms with Crippen LogP contribution in [0.4, 0.5) is 0 Å². The van der Waals surface area contributed by atoms with Crippen molar-refractivity contribution in [3.05, 3.63) is 16.1 Å². The van der Waals surface area contributed by atoms with Gasteiger partial charge in [0.2, 0.25) is 0 Å². The van der Waals surface area contributed by atoms with Gasteiger partial charge in [0.25, 0.3) is 0 Å². The van der Waals surface area contributed by atoms with E-state index in [4.69, 9.17) is 5.11 Å². The lowest BCUT2D eigenvalue weighted by molar-refractivity contribution is 0.274. The lowest BCUT2D eigenvalue weighted by atomic mass is 10.2. The maximum atomic E-state index is 8.93. The zero-order valence-electron chi connectivity index (χ0n) is 7.16.